The Labute approximate surface area is 126 Å². The Kier molecular flexibility index (Phi) is 5.73. The van der Waals surface area contributed by atoms with E-state index in [2.05, 4.69) is 9.47 Å². The zero-order valence-corrected chi connectivity index (χ0v) is 12.1. The Morgan fingerprint density at radius 2 is 1.50 bits per heavy atom. The van der Waals surface area contributed by atoms with Gasteiger partial charge in [0, 0.05) is 5.56 Å². The van der Waals surface area contributed by atoms with Crippen molar-refractivity contribution in [2.24, 2.45) is 0 Å². The molecular formula is C14H15NO7. The van der Waals surface area contributed by atoms with Crippen LogP contribution in [0.5, 0.6) is 0 Å². The third-order valence-corrected chi connectivity index (χ3v) is 2.78. The van der Waals surface area contributed by atoms with E-state index in [9.17, 15) is 24.5 Å². The molecule has 0 N–H and O–H groups in total. The highest BCUT2D eigenvalue weighted by Crippen LogP contribution is 2.22. The lowest BCUT2D eigenvalue weighted by Crippen LogP contribution is -2.61. The van der Waals surface area contributed by atoms with Crippen molar-refractivity contribution in [3.05, 3.63) is 46.0 Å². The summed E-state index contributed by atoms with van der Waals surface area (Å²) >= 11 is 0. The molecule has 1 aromatic carbocycles. The molecule has 0 fully saturated rings. The highest BCUT2D eigenvalue weighted by atomic mass is 16.7. The Balaban J connectivity index is 3.48. The van der Waals surface area contributed by atoms with Gasteiger partial charge in [-0.1, -0.05) is 30.3 Å². The second kappa shape index (κ2) is 7.30. The smallest absolute Gasteiger partial charge is 0.460 e. The second-order valence-corrected chi connectivity index (χ2v) is 4.10. The average molecular weight is 309 g/mol. The lowest BCUT2D eigenvalue weighted by molar-refractivity contribution is -0.523. The third-order valence-electron chi connectivity index (χ3n) is 2.78. The van der Waals surface area contributed by atoms with Crippen LogP contribution in [-0.2, 0) is 19.1 Å². The van der Waals surface area contributed by atoms with Gasteiger partial charge >= 0.3 is 17.5 Å². The number of nitro groups is 1. The molecule has 0 spiro atoms. The summed E-state index contributed by atoms with van der Waals surface area (Å²) in [6.07, 6.45) is 0. The molecule has 0 aromatic heterocycles. The Hall–Kier alpha value is -2.77. The van der Waals surface area contributed by atoms with Gasteiger partial charge in [-0.2, -0.15) is 0 Å². The number of hydrogen-bond donors (Lipinski definition) is 0. The van der Waals surface area contributed by atoms with Gasteiger partial charge in [-0.25, -0.2) is 9.59 Å². The predicted molar refractivity (Wildman–Crippen MR) is 73.8 cm³/mol. The van der Waals surface area contributed by atoms with Crippen LogP contribution in [0.15, 0.2) is 30.3 Å². The van der Waals surface area contributed by atoms with Crippen LogP contribution in [0, 0.1) is 10.1 Å². The first-order valence-electron chi connectivity index (χ1n) is 6.51. The minimum atomic E-state index is -3.26. The summed E-state index contributed by atoms with van der Waals surface area (Å²) < 4.78 is 9.15. The fraction of sp³-hybridized carbons (Fsp3) is 0.357. The van der Waals surface area contributed by atoms with Gasteiger partial charge in [-0.3, -0.25) is 14.9 Å². The molecule has 0 unspecified atom stereocenters. The molecule has 0 saturated carbocycles. The molecule has 0 amide bonds. The van der Waals surface area contributed by atoms with Crippen LogP contribution in [0.25, 0.3) is 0 Å². The summed E-state index contributed by atoms with van der Waals surface area (Å²) in [5.74, 6) is -4.42. The summed E-state index contributed by atoms with van der Waals surface area (Å²) in [5, 5.41) is 11.5. The van der Waals surface area contributed by atoms with E-state index in [1.807, 2.05) is 0 Å². The maximum Gasteiger partial charge on any atom is 0.471 e. The molecule has 22 heavy (non-hydrogen) atoms. The van der Waals surface area contributed by atoms with Crippen LogP contribution in [-0.4, -0.2) is 41.4 Å². The van der Waals surface area contributed by atoms with Gasteiger partial charge in [0.25, 0.3) is 5.78 Å². The van der Waals surface area contributed by atoms with Crippen LogP contribution in [0.4, 0.5) is 0 Å². The van der Waals surface area contributed by atoms with E-state index >= 15 is 0 Å². The highest BCUT2D eigenvalue weighted by molar-refractivity contribution is 6.28. The molecule has 0 aliphatic carbocycles. The average Bonchev–Trinajstić information content (AvgIpc) is 2.49. The van der Waals surface area contributed by atoms with E-state index in [0.717, 1.165) is 0 Å². The van der Waals surface area contributed by atoms with Gasteiger partial charge in [0.1, 0.15) is 0 Å². The molecule has 8 heteroatoms. The first-order valence-corrected chi connectivity index (χ1v) is 6.51. The van der Waals surface area contributed by atoms with E-state index < -0.39 is 28.2 Å². The van der Waals surface area contributed by atoms with Gasteiger partial charge in [0.2, 0.25) is 0 Å². The van der Waals surface area contributed by atoms with Crippen molar-refractivity contribution in [1.82, 2.24) is 0 Å². The van der Waals surface area contributed by atoms with Gasteiger partial charge in [0.15, 0.2) is 0 Å². The van der Waals surface area contributed by atoms with Crippen molar-refractivity contribution in [2.75, 3.05) is 13.2 Å². The molecule has 0 aliphatic heterocycles. The molecule has 0 heterocycles. The monoisotopic (exact) mass is 309 g/mol. The Bertz CT molecular complexity index is 564. The molecule has 0 radical (unpaired) electrons. The number of rotatable bonds is 7. The van der Waals surface area contributed by atoms with E-state index in [0.29, 0.717) is 0 Å². The number of esters is 2. The lowest BCUT2D eigenvalue weighted by Gasteiger charge is -2.20. The summed E-state index contributed by atoms with van der Waals surface area (Å²) in [6, 6.07) is 7.01. The fourth-order valence-corrected chi connectivity index (χ4v) is 1.77. The van der Waals surface area contributed by atoms with Crippen molar-refractivity contribution < 1.29 is 28.8 Å². The zero-order valence-electron chi connectivity index (χ0n) is 12.1. The topological polar surface area (TPSA) is 113 Å². The van der Waals surface area contributed by atoms with Crippen molar-refractivity contribution in [1.29, 1.82) is 0 Å². The summed E-state index contributed by atoms with van der Waals surface area (Å²) in [6.45, 7) is 2.35. The van der Waals surface area contributed by atoms with Gasteiger partial charge in [0.05, 0.1) is 18.1 Å². The molecular weight excluding hydrogens is 294 g/mol. The molecule has 1 aromatic rings. The van der Waals surface area contributed by atoms with Gasteiger partial charge in [-0.05, 0) is 13.8 Å². The summed E-state index contributed by atoms with van der Waals surface area (Å²) in [7, 11) is 0. The minimum Gasteiger partial charge on any atom is -0.460 e. The van der Waals surface area contributed by atoms with Crippen LogP contribution in [0.3, 0.4) is 0 Å². The fourth-order valence-electron chi connectivity index (χ4n) is 1.77. The SMILES string of the molecule is CCOC(=O)C(C(=O)OCC)(C(=O)c1ccccc1)[N+](=O)[O-]. The second-order valence-electron chi connectivity index (χ2n) is 4.10. The van der Waals surface area contributed by atoms with E-state index in [-0.39, 0.29) is 18.8 Å². The number of carbonyl (C=O) groups is 3. The van der Waals surface area contributed by atoms with Crippen molar-refractivity contribution in [3.63, 3.8) is 0 Å². The number of ketones is 1. The van der Waals surface area contributed by atoms with E-state index in [4.69, 9.17) is 0 Å². The van der Waals surface area contributed by atoms with E-state index in [1.165, 1.54) is 38.1 Å². The molecule has 1 rings (SSSR count). The third kappa shape index (κ3) is 2.95. The highest BCUT2D eigenvalue weighted by Gasteiger charge is 2.68. The van der Waals surface area contributed by atoms with Crippen LogP contribution in [0.2, 0.25) is 0 Å². The standard InChI is InChI=1S/C14H15NO7/c1-3-21-12(17)14(15(19)20,13(18)22-4-2)11(16)10-8-6-5-7-9-10/h5-9H,3-4H2,1-2H3. The predicted octanol–water partition coefficient (Wildman–Crippen LogP) is 1.01. The maximum atomic E-state index is 12.5. The first-order chi connectivity index (χ1) is 10.4. The summed E-state index contributed by atoms with van der Waals surface area (Å²) in [4.78, 5) is 46.8. The van der Waals surface area contributed by atoms with E-state index in [1.54, 1.807) is 6.07 Å². The molecule has 118 valence electrons. The van der Waals surface area contributed by atoms with Crippen LogP contribution in [0.1, 0.15) is 24.2 Å². The summed E-state index contributed by atoms with van der Waals surface area (Å²) in [5.41, 5.74) is -3.42. The Morgan fingerprint density at radius 1 is 1.05 bits per heavy atom. The number of Topliss-reactive ketones (excluding diaryl/α,β-unsaturated/α-hetero) is 1. The first kappa shape index (κ1) is 17.3. The molecule has 0 bridgehead atoms. The zero-order chi connectivity index (χ0) is 16.8. The number of nitrogens with zero attached hydrogens (tertiary/aromatic N) is 1. The number of hydrogen-bond acceptors (Lipinski definition) is 7. The quantitative estimate of drug-likeness (QED) is 0.243. The maximum absolute atomic E-state index is 12.5. The minimum absolute atomic E-state index is 0.166. The van der Waals surface area contributed by atoms with Crippen LogP contribution < -0.4 is 0 Å². The van der Waals surface area contributed by atoms with Crippen molar-refractivity contribution in [3.8, 4) is 0 Å². The van der Waals surface area contributed by atoms with Crippen LogP contribution >= 0.6 is 0 Å². The number of carbonyl (C=O) groups excluding carboxylic acids is 3. The van der Waals surface area contributed by atoms with Crippen molar-refractivity contribution >= 4 is 17.7 Å². The lowest BCUT2D eigenvalue weighted by atomic mass is 9.89. The number of ether oxygens (including phenoxy) is 2. The number of benzene rings is 1. The molecule has 0 atom stereocenters. The molecule has 0 aliphatic rings. The van der Waals surface area contributed by atoms with Crippen molar-refractivity contribution in [2.45, 2.75) is 19.4 Å². The largest absolute Gasteiger partial charge is 0.471 e. The van der Waals surface area contributed by atoms with Gasteiger partial charge in [-0.15, -0.1) is 0 Å². The normalized spacial score (nSPS) is 10.6. The molecule has 8 nitrogen and oxygen atoms in total. The molecule has 0 saturated heterocycles. The Morgan fingerprint density at radius 3 is 1.86 bits per heavy atom. The van der Waals surface area contributed by atoms with Gasteiger partial charge < -0.3 is 9.47 Å².